The van der Waals surface area contributed by atoms with Crippen molar-refractivity contribution in [3.05, 3.63) is 51.7 Å². The number of phenolic OH excluding ortho intramolecular Hbond substituents is 1. The predicted molar refractivity (Wildman–Crippen MR) is 102 cm³/mol. The maximum Gasteiger partial charge on any atom is 0.115 e. The van der Waals surface area contributed by atoms with Gasteiger partial charge in [0.15, 0.2) is 0 Å². The number of hydrogen-bond acceptors (Lipinski definition) is 4. The maximum absolute atomic E-state index is 9.98. The number of benzene rings is 1. The molecule has 1 aromatic carbocycles. The van der Waals surface area contributed by atoms with E-state index in [4.69, 9.17) is 0 Å². The molecule has 25 heavy (non-hydrogen) atoms. The van der Waals surface area contributed by atoms with Crippen molar-refractivity contribution in [2.75, 3.05) is 19.6 Å². The highest BCUT2D eigenvalue weighted by molar-refractivity contribution is 7.11. The largest absolute Gasteiger partial charge is 0.508 e. The number of thiophene rings is 1. The van der Waals surface area contributed by atoms with Crippen LogP contribution >= 0.6 is 11.3 Å². The number of nitrogens with zero attached hydrogens (tertiary/aromatic N) is 2. The summed E-state index contributed by atoms with van der Waals surface area (Å²) in [7, 11) is 0. The smallest absolute Gasteiger partial charge is 0.115 e. The van der Waals surface area contributed by atoms with Gasteiger partial charge in [0.05, 0.1) is 0 Å². The van der Waals surface area contributed by atoms with Crippen molar-refractivity contribution in [1.82, 2.24) is 9.80 Å². The van der Waals surface area contributed by atoms with Crippen LogP contribution in [0.25, 0.3) is 0 Å². The summed E-state index contributed by atoms with van der Waals surface area (Å²) in [5.74, 6) is 1.76. The van der Waals surface area contributed by atoms with Crippen LogP contribution in [0.1, 0.15) is 34.1 Å². The average molecular weight is 355 g/mol. The zero-order valence-corrected chi connectivity index (χ0v) is 15.6. The van der Waals surface area contributed by atoms with Crippen LogP contribution in [0.3, 0.4) is 0 Å². The van der Waals surface area contributed by atoms with Crippen molar-refractivity contribution >= 4 is 11.3 Å². The standard InChI is InChI=1S/C21H26N2OS/c1-14-5-6-18(25-14)12-23-13-19(16-3-2-4-17(24)11-16)21-20(23)15-7-9-22(21)10-8-15/h2-6,11,15,19-21,24H,7-10,12-13H2,1H3/t19-,20+,21+/m1/s1. The normalized spacial score (nSPS) is 34.4. The predicted octanol–water partition coefficient (Wildman–Crippen LogP) is 3.82. The first-order valence-electron chi connectivity index (χ1n) is 9.51. The Hall–Kier alpha value is -1.36. The van der Waals surface area contributed by atoms with Crippen molar-refractivity contribution in [3.8, 4) is 5.75 Å². The highest BCUT2D eigenvalue weighted by Gasteiger charge is 2.53. The summed E-state index contributed by atoms with van der Waals surface area (Å²) in [4.78, 5) is 8.38. The van der Waals surface area contributed by atoms with Gasteiger partial charge in [0.1, 0.15) is 5.75 Å². The second kappa shape index (κ2) is 6.11. The summed E-state index contributed by atoms with van der Waals surface area (Å²) in [6.07, 6.45) is 2.71. The van der Waals surface area contributed by atoms with E-state index < -0.39 is 0 Å². The molecule has 2 aromatic rings. The van der Waals surface area contributed by atoms with Crippen LogP contribution in [0.2, 0.25) is 0 Å². The number of aromatic hydroxyl groups is 1. The Morgan fingerprint density at radius 3 is 2.68 bits per heavy atom. The lowest BCUT2D eigenvalue weighted by Gasteiger charge is -2.51. The van der Waals surface area contributed by atoms with E-state index in [1.165, 1.54) is 41.2 Å². The highest BCUT2D eigenvalue weighted by atomic mass is 32.1. The van der Waals surface area contributed by atoms with E-state index in [-0.39, 0.29) is 0 Å². The number of hydrogen-bond donors (Lipinski definition) is 1. The lowest BCUT2D eigenvalue weighted by atomic mass is 9.75. The molecule has 2 bridgehead atoms. The van der Waals surface area contributed by atoms with Gasteiger partial charge in [-0.25, -0.2) is 0 Å². The molecular weight excluding hydrogens is 328 g/mol. The van der Waals surface area contributed by atoms with Crippen LogP contribution < -0.4 is 0 Å². The summed E-state index contributed by atoms with van der Waals surface area (Å²) in [5, 5.41) is 9.98. The molecule has 6 rings (SSSR count). The van der Waals surface area contributed by atoms with Crippen LogP contribution in [0.5, 0.6) is 5.75 Å². The van der Waals surface area contributed by atoms with Gasteiger partial charge in [-0.05, 0) is 68.6 Å². The van der Waals surface area contributed by atoms with Gasteiger partial charge in [-0.3, -0.25) is 9.80 Å². The summed E-state index contributed by atoms with van der Waals surface area (Å²) >= 11 is 1.94. The van der Waals surface area contributed by atoms with Crippen LogP contribution in [0.15, 0.2) is 36.4 Å². The number of fused-ring (bicyclic) bond motifs is 2. The Balaban J connectivity index is 1.48. The van der Waals surface area contributed by atoms with Gasteiger partial charge in [-0.15, -0.1) is 11.3 Å². The lowest BCUT2D eigenvalue weighted by molar-refractivity contribution is -0.00845. The number of phenols is 1. The molecule has 4 fully saturated rings. The molecule has 0 amide bonds. The SMILES string of the molecule is Cc1ccc(CN2C[C@H](c3cccc(O)c3)[C@H]3[C@@H]2C2CCN3CC2)s1. The van der Waals surface area contributed by atoms with E-state index in [9.17, 15) is 5.11 Å². The average Bonchev–Trinajstić information content (AvgIpc) is 3.22. The van der Waals surface area contributed by atoms with Gasteiger partial charge in [-0.2, -0.15) is 0 Å². The first-order valence-corrected chi connectivity index (χ1v) is 10.3. The molecule has 4 saturated heterocycles. The third-order valence-corrected chi connectivity index (χ3v) is 7.53. The van der Waals surface area contributed by atoms with Crippen molar-refractivity contribution < 1.29 is 5.11 Å². The van der Waals surface area contributed by atoms with Crippen LogP contribution in [0.4, 0.5) is 0 Å². The summed E-state index contributed by atoms with van der Waals surface area (Å²) in [6, 6.07) is 13.8. The fourth-order valence-electron chi connectivity index (χ4n) is 5.54. The Bertz CT molecular complexity index is 765. The minimum Gasteiger partial charge on any atom is -0.508 e. The Morgan fingerprint density at radius 1 is 1.12 bits per heavy atom. The molecule has 4 heteroatoms. The molecule has 0 spiro atoms. The number of aryl methyl sites for hydroxylation is 1. The Kier molecular flexibility index (Phi) is 3.88. The van der Waals surface area contributed by atoms with E-state index in [1.54, 1.807) is 6.07 Å². The molecule has 1 N–H and O–H groups in total. The second-order valence-electron chi connectivity index (χ2n) is 8.00. The van der Waals surface area contributed by atoms with Gasteiger partial charge >= 0.3 is 0 Å². The molecule has 0 aliphatic carbocycles. The fourth-order valence-corrected chi connectivity index (χ4v) is 6.46. The second-order valence-corrected chi connectivity index (χ2v) is 9.37. The highest BCUT2D eigenvalue weighted by Crippen LogP contribution is 2.47. The first kappa shape index (κ1) is 15.9. The molecular formula is C21H26N2OS. The van der Waals surface area contributed by atoms with E-state index in [0.29, 0.717) is 23.8 Å². The molecule has 4 aliphatic rings. The van der Waals surface area contributed by atoms with Gasteiger partial charge in [0.2, 0.25) is 0 Å². The van der Waals surface area contributed by atoms with Crippen molar-refractivity contribution in [2.45, 2.75) is 44.3 Å². The molecule has 4 aliphatic heterocycles. The molecule has 3 nitrogen and oxygen atoms in total. The molecule has 0 unspecified atom stereocenters. The molecule has 1 aromatic heterocycles. The molecule has 0 saturated carbocycles. The number of rotatable bonds is 3. The van der Waals surface area contributed by atoms with E-state index in [1.807, 2.05) is 23.5 Å². The van der Waals surface area contributed by atoms with Crippen molar-refractivity contribution in [1.29, 1.82) is 0 Å². The Morgan fingerprint density at radius 2 is 1.96 bits per heavy atom. The van der Waals surface area contributed by atoms with E-state index in [2.05, 4.69) is 34.9 Å². The lowest BCUT2D eigenvalue weighted by Crippen LogP contribution is -2.59. The minimum absolute atomic E-state index is 0.400. The van der Waals surface area contributed by atoms with Gasteiger partial charge in [0.25, 0.3) is 0 Å². The van der Waals surface area contributed by atoms with Gasteiger partial charge < -0.3 is 5.11 Å². The maximum atomic E-state index is 9.98. The van der Waals surface area contributed by atoms with Crippen LogP contribution in [0, 0.1) is 12.8 Å². The molecule has 5 heterocycles. The van der Waals surface area contributed by atoms with E-state index in [0.717, 1.165) is 19.0 Å². The quantitative estimate of drug-likeness (QED) is 0.908. The number of likely N-dealkylation sites (tertiary alicyclic amines) is 1. The van der Waals surface area contributed by atoms with Crippen LogP contribution in [-0.2, 0) is 6.54 Å². The van der Waals surface area contributed by atoms with Gasteiger partial charge in [-0.1, -0.05) is 12.1 Å². The fraction of sp³-hybridized carbons (Fsp3) is 0.524. The first-order chi connectivity index (χ1) is 12.2. The van der Waals surface area contributed by atoms with E-state index >= 15 is 0 Å². The summed E-state index contributed by atoms with van der Waals surface area (Å²) < 4.78 is 0. The zero-order chi connectivity index (χ0) is 17.0. The minimum atomic E-state index is 0.400. The van der Waals surface area contributed by atoms with Crippen LogP contribution in [-0.4, -0.2) is 46.6 Å². The van der Waals surface area contributed by atoms with Crippen molar-refractivity contribution in [3.63, 3.8) is 0 Å². The monoisotopic (exact) mass is 354 g/mol. The summed E-state index contributed by atoms with van der Waals surface area (Å²) in [5.41, 5.74) is 1.31. The van der Waals surface area contributed by atoms with Gasteiger partial charge in [0, 0.05) is 40.8 Å². The Labute approximate surface area is 153 Å². The molecule has 0 radical (unpaired) electrons. The molecule has 132 valence electrons. The third kappa shape index (κ3) is 2.71. The third-order valence-electron chi connectivity index (χ3n) is 6.55. The zero-order valence-electron chi connectivity index (χ0n) is 14.8. The number of piperidine rings is 3. The van der Waals surface area contributed by atoms with Crippen molar-refractivity contribution in [2.24, 2.45) is 5.92 Å². The summed E-state index contributed by atoms with van der Waals surface area (Å²) in [6.45, 7) is 6.91. The molecule has 3 atom stereocenters. The topological polar surface area (TPSA) is 26.7 Å².